The molecule has 0 spiro atoms. The zero-order valence-electron chi connectivity index (χ0n) is 17.8. The van der Waals surface area contributed by atoms with E-state index in [9.17, 15) is 34.2 Å². The van der Waals surface area contributed by atoms with E-state index < -0.39 is 66.4 Å². The Labute approximate surface area is 184 Å². The second-order valence-corrected chi connectivity index (χ2v) is 8.18. The van der Waals surface area contributed by atoms with Gasteiger partial charge in [0.15, 0.2) is 0 Å². The van der Waals surface area contributed by atoms with Crippen molar-refractivity contribution in [2.24, 2.45) is 11.7 Å². The minimum absolute atomic E-state index is 0.123. The number of amides is 3. The molecule has 0 radical (unpaired) electrons. The molecule has 0 rings (SSSR count). The number of nitrogens with one attached hydrogen (secondary N) is 3. The average molecular weight is 465 g/mol. The second-order valence-electron chi connectivity index (χ2n) is 7.19. The molecule has 4 atom stereocenters. The van der Waals surface area contributed by atoms with Crippen LogP contribution in [0, 0.1) is 5.92 Å². The van der Waals surface area contributed by atoms with E-state index in [2.05, 4.69) is 16.0 Å². The standard InChI is InChI=1S/C18H32N4O8S/c1-9(2)14(22-15(26)10(19)4-5-13(24)25)17(28)21-12(8-23)16(27)20-11(18(29)30)6-7-31-3/h9-12,14,23H,4-8,19H2,1-3H3,(H,20,27)(H,21,28)(H,22,26)(H,24,25)(H,29,30). The lowest BCUT2D eigenvalue weighted by atomic mass is 10.0. The van der Waals surface area contributed by atoms with Gasteiger partial charge in [-0.3, -0.25) is 19.2 Å². The molecule has 0 aliphatic rings. The fourth-order valence-electron chi connectivity index (χ4n) is 2.43. The minimum atomic E-state index is -1.43. The zero-order valence-corrected chi connectivity index (χ0v) is 18.6. The summed E-state index contributed by atoms with van der Waals surface area (Å²) in [5, 5.41) is 34.4. The molecule has 178 valence electrons. The van der Waals surface area contributed by atoms with Crippen LogP contribution in [0.5, 0.6) is 0 Å². The van der Waals surface area contributed by atoms with Crippen molar-refractivity contribution < 1.29 is 39.3 Å². The molecule has 4 unspecified atom stereocenters. The first-order chi connectivity index (χ1) is 14.4. The molecule has 0 saturated carbocycles. The third kappa shape index (κ3) is 11.0. The topological polar surface area (TPSA) is 208 Å². The van der Waals surface area contributed by atoms with Crippen LogP contribution < -0.4 is 21.7 Å². The molecule has 0 heterocycles. The summed E-state index contributed by atoms with van der Waals surface area (Å²) in [6.07, 6.45) is 1.50. The van der Waals surface area contributed by atoms with Crippen molar-refractivity contribution in [2.75, 3.05) is 18.6 Å². The maximum atomic E-state index is 12.6. The molecule has 12 nitrogen and oxygen atoms in total. The number of aliphatic carboxylic acids is 2. The fraction of sp³-hybridized carbons (Fsp3) is 0.722. The summed E-state index contributed by atoms with van der Waals surface area (Å²) in [6, 6.07) is -4.87. The predicted octanol–water partition coefficient (Wildman–Crippen LogP) is -1.88. The Morgan fingerprint density at radius 3 is 1.94 bits per heavy atom. The Hall–Kier alpha value is -2.38. The van der Waals surface area contributed by atoms with Gasteiger partial charge in [0.2, 0.25) is 17.7 Å². The van der Waals surface area contributed by atoms with E-state index in [4.69, 9.17) is 10.8 Å². The number of carboxylic acid groups (broad SMARTS) is 2. The second kappa shape index (κ2) is 14.6. The van der Waals surface area contributed by atoms with Gasteiger partial charge in [0.1, 0.15) is 18.1 Å². The number of carboxylic acids is 2. The maximum Gasteiger partial charge on any atom is 0.326 e. The van der Waals surface area contributed by atoms with Gasteiger partial charge in [-0.1, -0.05) is 13.8 Å². The first kappa shape index (κ1) is 28.6. The number of thioether (sulfide) groups is 1. The number of nitrogens with two attached hydrogens (primary N) is 1. The molecule has 0 aromatic rings. The van der Waals surface area contributed by atoms with E-state index in [1.54, 1.807) is 20.1 Å². The molecular formula is C18H32N4O8S. The lowest BCUT2D eigenvalue weighted by Gasteiger charge is -2.26. The minimum Gasteiger partial charge on any atom is -0.481 e. The van der Waals surface area contributed by atoms with Crippen molar-refractivity contribution in [3.63, 3.8) is 0 Å². The Balaban J connectivity index is 5.09. The molecule has 0 aliphatic heterocycles. The molecule has 13 heteroatoms. The summed E-state index contributed by atoms with van der Waals surface area (Å²) >= 11 is 1.40. The van der Waals surface area contributed by atoms with Crippen LogP contribution >= 0.6 is 11.8 Å². The van der Waals surface area contributed by atoms with Crippen LogP contribution in [0.25, 0.3) is 0 Å². The molecule has 0 saturated heterocycles. The zero-order chi connectivity index (χ0) is 24.1. The Kier molecular flexibility index (Phi) is 13.5. The highest BCUT2D eigenvalue weighted by Crippen LogP contribution is 2.05. The smallest absolute Gasteiger partial charge is 0.326 e. The number of hydrogen-bond acceptors (Lipinski definition) is 8. The Bertz CT molecular complexity index is 646. The molecule has 0 bridgehead atoms. The van der Waals surface area contributed by atoms with Crippen LogP contribution in [0.1, 0.15) is 33.1 Å². The van der Waals surface area contributed by atoms with Gasteiger partial charge in [0.25, 0.3) is 0 Å². The third-order valence-electron chi connectivity index (χ3n) is 4.29. The number of rotatable bonds is 15. The van der Waals surface area contributed by atoms with Gasteiger partial charge in [-0.05, 0) is 30.8 Å². The quantitative estimate of drug-likeness (QED) is 0.143. The van der Waals surface area contributed by atoms with Gasteiger partial charge in [-0.25, -0.2) is 4.79 Å². The van der Waals surface area contributed by atoms with E-state index in [-0.39, 0.29) is 19.3 Å². The Morgan fingerprint density at radius 1 is 0.903 bits per heavy atom. The molecule has 3 amide bonds. The molecule has 0 aromatic heterocycles. The van der Waals surface area contributed by atoms with Crippen LogP contribution in [0.2, 0.25) is 0 Å². The predicted molar refractivity (Wildman–Crippen MR) is 113 cm³/mol. The van der Waals surface area contributed by atoms with E-state index in [0.717, 1.165) is 0 Å². The summed E-state index contributed by atoms with van der Waals surface area (Å²) in [4.78, 5) is 59.0. The molecule has 31 heavy (non-hydrogen) atoms. The molecule has 0 aliphatic carbocycles. The fourth-order valence-corrected chi connectivity index (χ4v) is 2.90. The summed E-state index contributed by atoms with van der Waals surface area (Å²) in [5.41, 5.74) is 5.64. The first-order valence-electron chi connectivity index (χ1n) is 9.65. The van der Waals surface area contributed by atoms with E-state index in [1.165, 1.54) is 11.8 Å². The SMILES string of the molecule is CSCCC(NC(=O)C(CO)NC(=O)C(NC(=O)C(N)CCC(=O)O)C(C)C)C(=O)O. The van der Waals surface area contributed by atoms with Crippen LogP contribution in [0.4, 0.5) is 0 Å². The van der Waals surface area contributed by atoms with Gasteiger partial charge in [0.05, 0.1) is 12.6 Å². The van der Waals surface area contributed by atoms with Crippen molar-refractivity contribution in [1.82, 2.24) is 16.0 Å². The highest BCUT2D eigenvalue weighted by molar-refractivity contribution is 7.98. The summed E-state index contributed by atoms with van der Waals surface area (Å²) < 4.78 is 0. The maximum absolute atomic E-state index is 12.6. The van der Waals surface area contributed by atoms with Gasteiger partial charge < -0.3 is 37.0 Å². The van der Waals surface area contributed by atoms with E-state index >= 15 is 0 Å². The number of carbonyl (C=O) groups is 5. The third-order valence-corrected chi connectivity index (χ3v) is 4.94. The number of hydrogen-bond donors (Lipinski definition) is 7. The molecular weight excluding hydrogens is 432 g/mol. The highest BCUT2D eigenvalue weighted by atomic mass is 32.2. The average Bonchev–Trinajstić information content (AvgIpc) is 2.70. The van der Waals surface area contributed by atoms with Crippen molar-refractivity contribution in [1.29, 1.82) is 0 Å². The number of aliphatic hydroxyl groups is 1. The largest absolute Gasteiger partial charge is 0.481 e. The Morgan fingerprint density at radius 2 is 1.48 bits per heavy atom. The van der Waals surface area contributed by atoms with Gasteiger partial charge in [-0.15, -0.1) is 0 Å². The van der Waals surface area contributed by atoms with Crippen molar-refractivity contribution in [3.05, 3.63) is 0 Å². The number of carbonyl (C=O) groups excluding carboxylic acids is 3. The van der Waals surface area contributed by atoms with Crippen LogP contribution in [0.15, 0.2) is 0 Å². The lowest BCUT2D eigenvalue weighted by molar-refractivity contribution is -0.142. The van der Waals surface area contributed by atoms with Crippen LogP contribution in [-0.4, -0.2) is 87.8 Å². The normalized spacial score (nSPS) is 14.8. The lowest BCUT2D eigenvalue weighted by Crippen LogP contribution is -2.59. The van der Waals surface area contributed by atoms with Crippen molar-refractivity contribution in [3.8, 4) is 0 Å². The van der Waals surface area contributed by atoms with E-state index in [0.29, 0.717) is 5.75 Å². The molecule has 8 N–H and O–H groups in total. The molecule has 0 fully saturated rings. The summed E-state index contributed by atoms with van der Waals surface area (Å²) in [7, 11) is 0. The summed E-state index contributed by atoms with van der Waals surface area (Å²) in [5.74, 6) is -4.69. The highest BCUT2D eigenvalue weighted by Gasteiger charge is 2.31. The number of aliphatic hydroxyl groups excluding tert-OH is 1. The monoisotopic (exact) mass is 464 g/mol. The first-order valence-corrected chi connectivity index (χ1v) is 11.0. The van der Waals surface area contributed by atoms with E-state index in [1.807, 2.05) is 0 Å². The van der Waals surface area contributed by atoms with Crippen LogP contribution in [-0.2, 0) is 24.0 Å². The van der Waals surface area contributed by atoms with Gasteiger partial charge >= 0.3 is 11.9 Å². The van der Waals surface area contributed by atoms with Crippen LogP contribution in [0.3, 0.4) is 0 Å². The van der Waals surface area contributed by atoms with Gasteiger partial charge in [0, 0.05) is 6.42 Å². The van der Waals surface area contributed by atoms with Crippen molar-refractivity contribution >= 4 is 41.4 Å². The van der Waals surface area contributed by atoms with Crippen molar-refractivity contribution in [2.45, 2.75) is 57.3 Å². The molecule has 0 aromatic carbocycles. The van der Waals surface area contributed by atoms with Gasteiger partial charge in [-0.2, -0.15) is 11.8 Å². The summed E-state index contributed by atoms with van der Waals surface area (Å²) in [6.45, 7) is 2.47.